The molecule has 0 radical (unpaired) electrons. The van der Waals surface area contributed by atoms with E-state index in [1.54, 1.807) is 0 Å². The number of hydrogen-bond donors (Lipinski definition) is 2. The van der Waals surface area contributed by atoms with Gasteiger partial charge in [-0.15, -0.1) is 0 Å². The lowest BCUT2D eigenvalue weighted by atomic mass is 9.89. The number of nitrogens with zero attached hydrogens (tertiary/aromatic N) is 5. The maximum atomic E-state index is 14.9. The molecule has 9 rings (SSSR count). The lowest BCUT2D eigenvalue weighted by Crippen LogP contribution is -2.52. The molecular formula is C35H43FN6O2. The van der Waals surface area contributed by atoms with E-state index < -0.39 is 6.17 Å². The summed E-state index contributed by atoms with van der Waals surface area (Å²) in [7, 11) is 0. The van der Waals surface area contributed by atoms with Crippen molar-refractivity contribution in [3.05, 3.63) is 47.2 Å². The zero-order chi connectivity index (χ0) is 29.6. The van der Waals surface area contributed by atoms with Crippen LogP contribution in [0.15, 0.2) is 30.3 Å². The van der Waals surface area contributed by atoms with Crippen molar-refractivity contribution in [2.75, 3.05) is 42.6 Å². The molecule has 5 aliphatic heterocycles. The standard InChI is InChI=1S/C35H43FN6O2/c1-21-4-2-5-22-12-27(43)13-31(32(21)22)40-11-10-28-29(19-40)38-34(39-33(28)41-17-25-8-9-26(18-41)37-25)44-20-35-14-23-6-3-7-30(23)42(35)16-24(36)15-35/h2,4-5,12-13,23-26,30,37,43H,3,6-11,14-20H2,1H3. The predicted molar refractivity (Wildman–Crippen MR) is 169 cm³/mol. The molecule has 232 valence electrons. The average Bonchev–Trinajstić information content (AvgIpc) is 3.75. The van der Waals surface area contributed by atoms with Gasteiger partial charge in [0, 0.05) is 73.4 Å². The molecule has 0 spiro atoms. The molecule has 6 unspecified atom stereocenters. The van der Waals surface area contributed by atoms with Crippen molar-refractivity contribution in [3.63, 3.8) is 0 Å². The number of aryl methyl sites for hydroxylation is 1. The van der Waals surface area contributed by atoms with Crippen LogP contribution in [0.3, 0.4) is 0 Å². The normalized spacial score (nSPS) is 32.7. The quantitative estimate of drug-likeness (QED) is 0.431. The number of phenols is 1. The highest BCUT2D eigenvalue weighted by atomic mass is 19.1. The summed E-state index contributed by atoms with van der Waals surface area (Å²) >= 11 is 0. The van der Waals surface area contributed by atoms with E-state index in [-0.39, 0.29) is 11.3 Å². The summed E-state index contributed by atoms with van der Waals surface area (Å²) in [5, 5.41) is 16.6. The number of hydrogen-bond acceptors (Lipinski definition) is 8. The highest BCUT2D eigenvalue weighted by molar-refractivity contribution is 5.98. The fourth-order valence-electron chi connectivity index (χ4n) is 9.96. The van der Waals surface area contributed by atoms with Crippen molar-refractivity contribution in [1.82, 2.24) is 20.2 Å². The molecule has 4 saturated heterocycles. The molecule has 6 heterocycles. The number of aromatic hydroxyl groups is 1. The number of nitrogens with one attached hydrogen (secondary N) is 1. The summed E-state index contributed by atoms with van der Waals surface area (Å²) in [6, 6.07) is 11.9. The predicted octanol–water partition coefficient (Wildman–Crippen LogP) is 4.88. The van der Waals surface area contributed by atoms with Gasteiger partial charge in [0.2, 0.25) is 0 Å². The first kappa shape index (κ1) is 27.2. The van der Waals surface area contributed by atoms with Crippen LogP contribution in [0.1, 0.15) is 61.8 Å². The van der Waals surface area contributed by atoms with Gasteiger partial charge in [-0.3, -0.25) is 4.90 Å². The summed E-state index contributed by atoms with van der Waals surface area (Å²) in [6.07, 6.45) is 7.73. The van der Waals surface area contributed by atoms with Crippen molar-refractivity contribution in [2.45, 2.75) is 94.7 Å². The molecule has 9 heteroatoms. The van der Waals surface area contributed by atoms with Gasteiger partial charge in [0.25, 0.3) is 0 Å². The Morgan fingerprint density at radius 2 is 1.91 bits per heavy atom. The van der Waals surface area contributed by atoms with Crippen molar-refractivity contribution >= 4 is 22.3 Å². The maximum Gasteiger partial charge on any atom is 0.318 e. The highest BCUT2D eigenvalue weighted by Gasteiger charge is 2.58. The molecule has 2 bridgehead atoms. The summed E-state index contributed by atoms with van der Waals surface area (Å²) in [6.45, 7) is 6.47. The van der Waals surface area contributed by atoms with Crippen molar-refractivity contribution in [3.8, 4) is 11.8 Å². The second-order valence-electron chi connectivity index (χ2n) is 14.5. The second-order valence-corrected chi connectivity index (χ2v) is 14.5. The minimum Gasteiger partial charge on any atom is -0.508 e. The molecule has 6 aliphatic rings. The number of alkyl halides is 1. The highest BCUT2D eigenvalue weighted by Crippen LogP contribution is 2.52. The molecular weight excluding hydrogens is 555 g/mol. The van der Waals surface area contributed by atoms with Gasteiger partial charge in [-0.1, -0.05) is 24.6 Å². The van der Waals surface area contributed by atoms with E-state index in [9.17, 15) is 9.50 Å². The van der Waals surface area contributed by atoms with Crippen LogP contribution < -0.4 is 19.9 Å². The number of aromatic nitrogens is 2. The van der Waals surface area contributed by atoms with Crippen LogP contribution >= 0.6 is 0 Å². The Morgan fingerprint density at radius 1 is 1.05 bits per heavy atom. The lowest BCUT2D eigenvalue weighted by Gasteiger charge is -2.38. The molecule has 8 nitrogen and oxygen atoms in total. The molecule has 2 aromatic carbocycles. The Hall–Kier alpha value is -3.17. The number of rotatable bonds is 5. The van der Waals surface area contributed by atoms with Crippen molar-refractivity contribution in [1.29, 1.82) is 0 Å². The summed E-state index contributed by atoms with van der Waals surface area (Å²) < 4.78 is 21.5. The first-order valence-corrected chi connectivity index (χ1v) is 16.8. The zero-order valence-electron chi connectivity index (χ0n) is 25.6. The van der Waals surface area contributed by atoms with Crippen LogP contribution in [-0.4, -0.2) is 82.6 Å². The fraction of sp³-hybridized carbons (Fsp3) is 0.600. The average molecular weight is 599 g/mol. The minimum absolute atomic E-state index is 0.243. The first-order valence-electron chi connectivity index (χ1n) is 16.8. The van der Waals surface area contributed by atoms with Crippen molar-refractivity contribution < 1.29 is 14.2 Å². The van der Waals surface area contributed by atoms with E-state index in [1.165, 1.54) is 48.6 Å². The van der Waals surface area contributed by atoms with Gasteiger partial charge < -0.3 is 25.0 Å². The Morgan fingerprint density at radius 3 is 2.77 bits per heavy atom. The van der Waals surface area contributed by atoms with Gasteiger partial charge in [0.05, 0.1) is 17.8 Å². The van der Waals surface area contributed by atoms with E-state index >= 15 is 0 Å². The van der Waals surface area contributed by atoms with Crippen LogP contribution in [0, 0.1) is 12.8 Å². The molecule has 2 N–H and O–H groups in total. The Bertz CT molecular complexity index is 1610. The maximum absolute atomic E-state index is 14.9. The molecule has 1 aromatic heterocycles. The van der Waals surface area contributed by atoms with E-state index in [4.69, 9.17) is 14.7 Å². The lowest BCUT2D eigenvalue weighted by molar-refractivity contribution is 0.0829. The molecule has 5 fully saturated rings. The third-order valence-corrected chi connectivity index (χ3v) is 11.8. The van der Waals surface area contributed by atoms with Gasteiger partial charge in [0.1, 0.15) is 24.3 Å². The summed E-state index contributed by atoms with van der Waals surface area (Å²) in [4.78, 5) is 17.5. The van der Waals surface area contributed by atoms with Gasteiger partial charge in [-0.05, 0) is 68.4 Å². The molecule has 0 amide bonds. The monoisotopic (exact) mass is 598 g/mol. The molecule has 44 heavy (non-hydrogen) atoms. The molecule has 6 atom stereocenters. The smallest absolute Gasteiger partial charge is 0.318 e. The van der Waals surface area contributed by atoms with E-state index in [0.717, 1.165) is 55.1 Å². The Kier molecular flexibility index (Phi) is 6.28. The van der Waals surface area contributed by atoms with Gasteiger partial charge in [-0.25, -0.2) is 4.39 Å². The van der Waals surface area contributed by atoms with Gasteiger partial charge >= 0.3 is 6.01 Å². The molecule has 1 saturated carbocycles. The number of benzene rings is 2. The first-order chi connectivity index (χ1) is 21.4. The SMILES string of the molecule is Cc1cccc2cc(O)cc(N3CCc4c(nc(OCC56CC(F)CN5C5CCCC5C6)nc4N4CC5CCC(C4)N5)C3)c12. The number of ether oxygens (including phenoxy) is 1. The zero-order valence-corrected chi connectivity index (χ0v) is 25.6. The third-order valence-electron chi connectivity index (χ3n) is 11.8. The summed E-state index contributed by atoms with van der Waals surface area (Å²) in [5.74, 6) is 1.96. The number of anilines is 2. The van der Waals surface area contributed by atoms with E-state index in [2.05, 4.69) is 39.1 Å². The topological polar surface area (TPSA) is 77.0 Å². The third kappa shape index (κ3) is 4.37. The van der Waals surface area contributed by atoms with E-state index in [1.807, 2.05) is 18.2 Å². The molecule has 1 aliphatic carbocycles. The molecule has 3 aromatic rings. The number of halogens is 1. The summed E-state index contributed by atoms with van der Waals surface area (Å²) in [5.41, 5.74) is 4.21. The largest absolute Gasteiger partial charge is 0.508 e. The van der Waals surface area contributed by atoms with Gasteiger partial charge in [0.15, 0.2) is 0 Å². The van der Waals surface area contributed by atoms with Crippen molar-refractivity contribution in [2.24, 2.45) is 5.92 Å². The van der Waals surface area contributed by atoms with E-state index in [0.29, 0.717) is 56.2 Å². The number of piperazine rings is 1. The fourth-order valence-corrected chi connectivity index (χ4v) is 9.96. The van der Waals surface area contributed by atoms with Crippen LogP contribution in [0.25, 0.3) is 10.8 Å². The number of phenolic OH excluding ortho intramolecular Hbond substituents is 1. The number of fused-ring (bicyclic) bond motifs is 7. The van der Waals surface area contributed by atoms with Crippen LogP contribution in [0.4, 0.5) is 15.9 Å². The van der Waals surface area contributed by atoms with Crippen LogP contribution in [0.2, 0.25) is 0 Å². The minimum atomic E-state index is -0.786. The Labute approximate surface area is 258 Å². The van der Waals surface area contributed by atoms with Crippen LogP contribution in [-0.2, 0) is 13.0 Å². The Balaban J connectivity index is 1.07. The van der Waals surface area contributed by atoms with Gasteiger partial charge in [-0.2, -0.15) is 9.97 Å². The second kappa shape index (κ2) is 10.2. The van der Waals surface area contributed by atoms with Crippen LogP contribution in [0.5, 0.6) is 11.8 Å².